The molecule has 2 unspecified atom stereocenters. The summed E-state index contributed by atoms with van der Waals surface area (Å²) in [6, 6.07) is 0. The highest BCUT2D eigenvalue weighted by atomic mass is 14.9. The molecule has 14 heavy (non-hydrogen) atoms. The van der Waals surface area contributed by atoms with Gasteiger partial charge in [0.1, 0.15) is 0 Å². The second-order valence-electron chi connectivity index (χ2n) is 4.74. The summed E-state index contributed by atoms with van der Waals surface area (Å²) < 4.78 is 0. The Morgan fingerprint density at radius 3 is 2.50 bits per heavy atom. The predicted molar refractivity (Wildman–Crippen MR) is 62.5 cm³/mol. The molecule has 0 spiro atoms. The Balaban J connectivity index is 2.08. The van der Waals surface area contributed by atoms with Gasteiger partial charge in [-0.05, 0) is 43.9 Å². The number of nitrogens with one attached hydrogen (secondary N) is 2. The van der Waals surface area contributed by atoms with Crippen molar-refractivity contribution in [2.45, 2.75) is 33.6 Å². The van der Waals surface area contributed by atoms with Crippen molar-refractivity contribution >= 4 is 0 Å². The minimum Gasteiger partial charge on any atom is -0.316 e. The van der Waals surface area contributed by atoms with Gasteiger partial charge in [-0.1, -0.05) is 33.6 Å². The Morgan fingerprint density at radius 2 is 2.00 bits per heavy atom. The molecule has 1 saturated heterocycles. The topological polar surface area (TPSA) is 24.1 Å². The molecule has 0 aromatic heterocycles. The summed E-state index contributed by atoms with van der Waals surface area (Å²) in [4.78, 5) is 0. The van der Waals surface area contributed by atoms with Crippen molar-refractivity contribution in [1.29, 1.82) is 0 Å². The first-order valence-electron chi connectivity index (χ1n) is 6.19. The van der Waals surface area contributed by atoms with Crippen LogP contribution in [0.15, 0.2) is 0 Å². The molecule has 2 N–H and O–H groups in total. The van der Waals surface area contributed by atoms with E-state index < -0.39 is 0 Å². The smallest absolute Gasteiger partial charge is 0.000523 e. The van der Waals surface area contributed by atoms with Gasteiger partial charge >= 0.3 is 0 Å². The molecule has 1 heterocycles. The fraction of sp³-hybridized carbons (Fsp3) is 1.00. The highest BCUT2D eigenvalue weighted by Gasteiger charge is 2.22. The Bertz CT molecular complexity index is 143. The van der Waals surface area contributed by atoms with Crippen molar-refractivity contribution in [3.8, 4) is 0 Å². The zero-order chi connectivity index (χ0) is 10.4. The molecule has 1 rings (SSSR count). The van der Waals surface area contributed by atoms with Crippen LogP contribution in [0, 0.1) is 17.8 Å². The van der Waals surface area contributed by atoms with Crippen molar-refractivity contribution in [3.63, 3.8) is 0 Å². The second kappa shape index (κ2) is 6.41. The normalized spacial score (nSPS) is 27.4. The molecule has 0 amide bonds. The third kappa shape index (κ3) is 3.58. The quantitative estimate of drug-likeness (QED) is 0.681. The van der Waals surface area contributed by atoms with Gasteiger partial charge in [0.25, 0.3) is 0 Å². The van der Waals surface area contributed by atoms with Crippen molar-refractivity contribution < 1.29 is 0 Å². The fourth-order valence-corrected chi connectivity index (χ4v) is 2.19. The Morgan fingerprint density at radius 1 is 1.29 bits per heavy atom. The van der Waals surface area contributed by atoms with Crippen LogP contribution in [0.3, 0.4) is 0 Å². The van der Waals surface area contributed by atoms with Crippen LogP contribution < -0.4 is 10.6 Å². The summed E-state index contributed by atoms with van der Waals surface area (Å²) in [5.41, 5.74) is 0. The number of hydrogen-bond acceptors (Lipinski definition) is 2. The molecule has 2 atom stereocenters. The lowest BCUT2D eigenvalue weighted by Crippen LogP contribution is -2.30. The zero-order valence-electron chi connectivity index (χ0n) is 9.97. The Hall–Kier alpha value is -0.0800. The van der Waals surface area contributed by atoms with Gasteiger partial charge in [-0.3, -0.25) is 0 Å². The summed E-state index contributed by atoms with van der Waals surface area (Å²) >= 11 is 0. The van der Waals surface area contributed by atoms with Gasteiger partial charge in [-0.25, -0.2) is 0 Å². The van der Waals surface area contributed by atoms with Crippen molar-refractivity contribution in [1.82, 2.24) is 10.6 Å². The van der Waals surface area contributed by atoms with Gasteiger partial charge in [0.05, 0.1) is 0 Å². The maximum atomic E-state index is 3.62. The number of hydrogen-bond donors (Lipinski definition) is 2. The minimum absolute atomic E-state index is 0.851. The lowest BCUT2D eigenvalue weighted by atomic mass is 9.97. The molecule has 1 aliphatic heterocycles. The molecular formula is C12H26N2. The summed E-state index contributed by atoms with van der Waals surface area (Å²) in [5.74, 6) is 2.58. The van der Waals surface area contributed by atoms with Gasteiger partial charge in [0.15, 0.2) is 0 Å². The SMILES string of the molecule is CCC(CC)CNCC1CNCC1C. The zero-order valence-corrected chi connectivity index (χ0v) is 9.97. The molecule has 1 fully saturated rings. The number of rotatable bonds is 6. The average Bonchev–Trinajstić information content (AvgIpc) is 2.59. The van der Waals surface area contributed by atoms with Gasteiger partial charge in [0, 0.05) is 0 Å². The largest absolute Gasteiger partial charge is 0.316 e. The van der Waals surface area contributed by atoms with Gasteiger partial charge in [-0.2, -0.15) is 0 Å². The van der Waals surface area contributed by atoms with Crippen molar-refractivity contribution in [2.24, 2.45) is 17.8 Å². The third-order valence-electron chi connectivity index (χ3n) is 3.67. The lowest BCUT2D eigenvalue weighted by molar-refractivity contribution is 0.383. The molecule has 84 valence electrons. The van der Waals surface area contributed by atoms with E-state index in [4.69, 9.17) is 0 Å². The summed E-state index contributed by atoms with van der Waals surface area (Å²) in [6.45, 7) is 11.7. The Kier molecular flexibility index (Phi) is 5.49. The maximum Gasteiger partial charge on any atom is -0.000523 e. The first-order valence-corrected chi connectivity index (χ1v) is 6.19. The van der Waals surface area contributed by atoms with E-state index in [1.165, 1.54) is 39.0 Å². The van der Waals surface area contributed by atoms with Crippen LogP contribution in [0.1, 0.15) is 33.6 Å². The van der Waals surface area contributed by atoms with Crippen LogP contribution >= 0.6 is 0 Å². The first-order chi connectivity index (χ1) is 6.77. The van der Waals surface area contributed by atoms with Gasteiger partial charge < -0.3 is 10.6 Å². The van der Waals surface area contributed by atoms with Crippen molar-refractivity contribution in [2.75, 3.05) is 26.2 Å². The van der Waals surface area contributed by atoms with E-state index in [2.05, 4.69) is 31.4 Å². The predicted octanol–water partition coefficient (Wildman–Crippen LogP) is 1.87. The molecule has 2 heteroatoms. The van der Waals surface area contributed by atoms with Crippen LogP contribution in [-0.4, -0.2) is 26.2 Å². The van der Waals surface area contributed by atoms with Crippen LogP contribution in [0.5, 0.6) is 0 Å². The molecule has 0 aliphatic carbocycles. The lowest BCUT2D eigenvalue weighted by Gasteiger charge is -2.18. The molecule has 0 saturated carbocycles. The van der Waals surface area contributed by atoms with Gasteiger partial charge in [-0.15, -0.1) is 0 Å². The molecule has 0 radical (unpaired) electrons. The summed E-state index contributed by atoms with van der Waals surface area (Å²) in [6.07, 6.45) is 2.62. The Labute approximate surface area is 88.8 Å². The van der Waals surface area contributed by atoms with E-state index in [9.17, 15) is 0 Å². The molecule has 0 aromatic carbocycles. The van der Waals surface area contributed by atoms with E-state index in [1.807, 2.05) is 0 Å². The van der Waals surface area contributed by atoms with E-state index in [-0.39, 0.29) is 0 Å². The standard InChI is InChI=1S/C12H26N2/c1-4-11(5-2)7-14-9-12-8-13-6-10(12)3/h10-14H,4-9H2,1-3H3. The van der Waals surface area contributed by atoms with E-state index >= 15 is 0 Å². The van der Waals surface area contributed by atoms with Crippen LogP contribution in [0.25, 0.3) is 0 Å². The third-order valence-corrected chi connectivity index (χ3v) is 3.67. The van der Waals surface area contributed by atoms with Crippen LogP contribution in [-0.2, 0) is 0 Å². The molecular weight excluding hydrogens is 172 g/mol. The van der Waals surface area contributed by atoms with Crippen LogP contribution in [0.2, 0.25) is 0 Å². The van der Waals surface area contributed by atoms with Crippen molar-refractivity contribution in [3.05, 3.63) is 0 Å². The average molecular weight is 198 g/mol. The molecule has 1 aliphatic rings. The molecule has 0 aromatic rings. The minimum atomic E-state index is 0.851. The summed E-state index contributed by atoms with van der Waals surface area (Å²) in [7, 11) is 0. The first kappa shape index (κ1) is 12.0. The maximum absolute atomic E-state index is 3.62. The summed E-state index contributed by atoms with van der Waals surface area (Å²) in [5, 5.41) is 7.07. The van der Waals surface area contributed by atoms with E-state index in [1.54, 1.807) is 0 Å². The highest BCUT2D eigenvalue weighted by Crippen LogP contribution is 2.14. The monoisotopic (exact) mass is 198 g/mol. The van der Waals surface area contributed by atoms with Gasteiger partial charge in [0.2, 0.25) is 0 Å². The van der Waals surface area contributed by atoms with E-state index in [0.29, 0.717) is 0 Å². The second-order valence-corrected chi connectivity index (χ2v) is 4.74. The highest BCUT2D eigenvalue weighted by molar-refractivity contribution is 4.79. The molecule has 0 bridgehead atoms. The van der Waals surface area contributed by atoms with E-state index in [0.717, 1.165) is 17.8 Å². The molecule has 2 nitrogen and oxygen atoms in total. The fourth-order valence-electron chi connectivity index (χ4n) is 2.19. The van der Waals surface area contributed by atoms with Crippen LogP contribution in [0.4, 0.5) is 0 Å².